The summed E-state index contributed by atoms with van der Waals surface area (Å²) in [7, 11) is 0. The van der Waals surface area contributed by atoms with E-state index in [2.05, 4.69) is 5.32 Å². The number of nitrogens with one attached hydrogen (secondary N) is 1. The lowest BCUT2D eigenvalue weighted by molar-refractivity contribution is -0.128. The van der Waals surface area contributed by atoms with Gasteiger partial charge in [-0.1, -0.05) is 6.42 Å². The van der Waals surface area contributed by atoms with Crippen LogP contribution in [0.1, 0.15) is 32.1 Å². The Morgan fingerprint density at radius 3 is 2.41 bits per heavy atom. The first-order chi connectivity index (χ1) is 8.08. The summed E-state index contributed by atoms with van der Waals surface area (Å²) >= 11 is 0. The maximum Gasteiger partial charge on any atom is 0.255 e. The number of amides is 1. The van der Waals surface area contributed by atoms with Crippen molar-refractivity contribution in [3.63, 3.8) is 0 Å². The van der Waals surface area contributed by atoms with Crippen LogP contribution in [0.4, 0.5) is 8.78 Å². The topological polar surface area (TPSA) is 55.1 Å². The van der Waals surface area contributed by atoms with Gasteiger partial charge in [-0.05, 0) is 37.5 Å². The van der Waals surface area contributed by atoms with Crippen molar-refractivity contribution in [1.29, 1.82) is 0 Å². The van der Waals surface area contributed by atoms with E-state index in [-0.39, 0.29) is 17.9 Å². The minimum atomic E-state index is -2.47. The fourth-order valence-electron chi connectivity index (χ4n) is 3.33. The van der Waals surface area contributed by atoms with E-state index >= 15 is 0 Å². The summed E-state index contributed by atoms with van der Waals surface area (Å²) in [6.45, 7) is -0.531. The largest absolute Gasteiger partial charge is 0.350 e. The third-order valence-corrected chi connectivity index (χ3v) is 4.21. The molecule has 1 amide bonds. The molecule has 2 aliphatic rings. The second-order valence-electron chi connectivity index (χ2n) is 5.33. The molecule has 0 aromatic rings. The Labute approximate surface area is 100 Å². The molecule has 0 aromatic carbocycles. The Morgan fingerprint density at radius 2 is 1.88 bits per heavy atom. The number of carbonyl (C=O) groups is 1. The molecule has 2 atom stereocenters. The average molecular weight is 246 g/mol. The second-order valence-corrected chi connectivity index (χ2v) is 5.33. The summed E-state index contributed by atoms with van der Waals surface area (Å²) in [5.41, 5.74) is 6.12. The Hall–Kier alpha value is -0.710. The molecular weight excluding hydrogens is 226 g/mol. The third kappa shape index (κ3) is 2.94. The fourth-order valence-corrected chi connectivity index (χ4v) is 3.33. The van der Waals surface area contributed by atoms with Gasteiger partial charge in [0.25, 0.3) is 6.43 Å². The molecule has 2 bridgehead atoms. The van der Waals surface area contributed by atoms with Crippen molar-refractivity contribution in [2.75, 3.05) is 6.54 Å². The predicted octanol–water partition coefficient (Wildman–Crippen LogP) is 1.52. The molecule has 5 heteroatoms. The maximum atomic E-state index is 12.0. The summed E-state index contributed by atoms with van der Waals surface area (Å²) in [5, 5.41) is 2.33. The van der Waals surface area contributed by atoms with Crippen molar-refractivity contribution in [2.45, 2.75) is 44.6 Å². The van der Waals surface area contributed by atoms with Crippen LogP contribution in [0, 0.1) is 17.8 Å². The number of alkyl halides is 2. The van der Waals surface area contributed by atoms with Crippen LogP contribution in [-0.4, -0.2) is 24.9 Å². The minimum Gasteiger partial charge on any atom is -0.350 e. The molecule has 0 spiro atoms. The molecular formula is C12H20F2N2O. The molecule has 17 heavy (non-hydrogen) atoms. The van der Waals surface area contributed by atoms with Crippen molar-refractivity contribution in [2.24, 2.45) is 23.5 Å². The van der Waals surface area contributed by atoms with Gasteiger partial charge in [-0.15, -0.1) is 0 Å². The lowest BCUT2D eigenvalue weighted by Crippen LogP contribution is -2.49. The van der Waals surface area contributed by atoms with Crippen molar-refractivity contribution >= 4 is 5.91 Å². The molecule has 2 unspecified atom stereocenters. The van der Waals surface area contributed by atoms with Gasteiger partial charge in [0.05, 0.1) is 6.54 Å². The first-order valence-electron chi connectivity index (χ1n) is 6.39. The zero-order valence-electron chi connectivity index (χ0n) is 9.87. The van der Waals surface area contributed by atoms with E-state index in [4.69, 9.17) is 5.73 Å². The van der Waals surface area contributed by atoms with Gasteiger partial charge < -0.3 is 11.1 Å². The van der Waals surface area contributed by atoms with Crippen molar-refractivity contribution in [3.05, 3.63) is 0 Å². The Morgan fingerprint density at radius 1 is 1.29 bits per heavy atom. The van der Waals surface area contributed by atoms with Crippen molar-refractivity contribution in [1.82, 2.24) is 5.32 Å². The van der Waals surface area contributed by atoms with E-state index in [1.807, 2.05) is 0 Å². The van der Waals surface area contributed by atoms with Gasteiger partial charge in [0, 0.05) is 12.0 Å². The van der Waals surface area contributed by atoms with E-state index in [1.165, 1.54) is 6.42 Å². The lowest BCUT2D eigenvalue weighted by Gasteiger charge is -2.43. The molecule has 0 saturated heterocycles. The summed E-state index contributed by atoms with van der Waals surface area (Å²) in [6.07, 6.45) is 2.42. The molecule has 2 rings (SSSR count). The molecule has 2 aliphatic carbocycles. The minimum absolute atomic E-state index is 0.108. The van der Waals surface area contributed by atoms with Crippen LogP contribution in [-0.2, 0) is 4.79 Å². The van der Waals surface area contributed by atoms with Gasteiger partial charge in [-0.2, -0.15) is 0 Å². The second kappa shape index (κ2) is 5.29. The highest BCUT2D eigenvalue weighted by molar-refractivity contribution is 5.78. The fraction of sp³-hybridized carbons (Fsp3) is 0.917. The van der Waals surface area contributed by atoms with Crippen LogP contribution in [0.25, 0.3) is 0 Å². The average Bonchev–Trinajstić information content (AvgIpc) is 2.25. The molecule has 0 aliphatic heterocycles. The summed E-state index contributed by atoms with van der Waals surface area (Å²) in [4.78, 5) is 11.8. The normalized spacial score (nSPS) is 36.9. The lowest BCUT2D eigenvalue weighted by atomic mass is 9.65. The Kier molecular flexibility index (Phi) is 3.97. The zero-order valence-corrected chi connectivity index (χ0v) is 9.87. The highest BCUT2D eigenvalue weighted by Gasteiger charge is 2.40. The highest BCUT2D eigenvalue weighted by atomic mass is 19.3. The van der Waals surface area contributed by atoms with Crippen LogP contribution in [0.3, 0.4) is 0 Å². The summed E-state index contributed by atoms with van der Waals surface area (Å²) in [5.74, 6) is 0.493. The molecule has 2 fully saturated rings. The van der Waals surface area contributed by atoms with Crippen LogP contribution < -0.4 is 11.1 Å². The van der Waals surface area contributed by atoms with Crippen LogP contribution in [0.5, 0.6) is 0 Å². The number of rotatable bonds is 3. The van der Waals surface area contributed by atoms with Gasteiger partial charge in [-0.25, -0.2) is 8.78 Å². The standard InChI is InChI=1S/C12H20F2N2O/c13-10(14)6-16-12(17)9-4-7-2-1-3-8(5-9)11(7)15/h7-11H,1-6,15H2,(H,16,17). The highest BCUT2D eigenvalue weighted by Crippen LogP contribution is 2.41. The third-order valence-electron chi connectivity index (χ3n) is 4.21. The number of fused-ring (bicyclic) bond motifs is 2. The molecule has 0 radical (unpaired) electrons. The number of hydrogen-bond donors (Lipinski definition) is 2. The first kappa shape index (κ1) is 12.7. The summed E-state index contributed by atoms with van der Waals surface area (Å²) in [6, 6.07) is 0.211. The zero-order chi connectivity index (χ0) is 12.4. The van der Waals surface area contributed by atoms with E-state index in [0.717, 1.165) is 25.7 Å². The predicted molar refractivity (Wildman–Crippen MR) is 60.5 cm³/mol. The number of nitrogens with two attached hydrogens (primary N) is 1. The van der Waals surface area contributed by atoms with Gasteiger partial charge >= 0.3 is 0 Å². The summed E-state index contributed by atoms with van der Waals surface area (Å²) < 4.78 is 24.0. The van der Waals surface area contributed by atoms with Gasteiger partial charge in [0.15, 0.2) is 0 Å². The van der Waals surface area contributed by atoms with Gasteiger partial charge in [0.2, 0.25) is 5.91 Å². The van der Waals surface area contributed by atoms with Crippen LogP contribution >= 0.6 is 0 Å². The number of halogens is 2. The van der Waals surface area contributed by atoms with E-state index in [1.54, 1.807) is 0 Å². The Bertz CT molecular complexity index is 272. The smallest absolute Gasteiger partial charge is 0.255 e. The molecule has 98 valence electrons. The molecule has 3 nitrogen and oxygen atoms in total. The van der Waals surface area contributed by atoms with E-state index in [0.29, 0.717) is 11.8 Å². The monoisotopic (exact) mass is 246 g/mol. The number of hydrogen-bond acceptors (Lipinski definition) is 2. The number of carbonyl (C=O) groups excluding carboxylic acids is 1. The molecule has 2 saturated carbocycles. The maximum absolute atomic E-state index is 12.0. The molecule has 0 aromatic heterocycles. The quantitative estimate of drug-likeness (QED) is 0.793. The van der Waals surface area contributed by atoms with Crippen molar-refractivity contribution in [3.8, 4) is 0 Å². The van der Waals surface area contributed by atoms with Gasteiger partial charge in [-0.3, -0.25) is 4.79 Å². The van der Waals surface area contributed by atoms with E-state index < -0.39 is 13.0 Å². The van der Waals surface area contributed by atoms with Gasteiger partial charge in [0.1, 0.15) is 0 Å². The molecule has 3 N–H and O–H groups in total. The van der Waals surface area contributed by atoms with E-state index in [9.17, 15) is 13.6 Å². The Balaban J connectivity index is 1.88. The first-order valence-corrected chi connectivity index (χ1v) is 6.39. The van der Waals surface area contributed by atoms with Crippen LogP contribution in [0.2, 0.25) is 0 Å². The molecule has 0 heterocycles. The van der Waals surface area contributed by atoms with Crippen molar-refractivity contribution < 1.29 is 13.6 Å². The SMILES string of the molecule is NC1C2CCCC1CC(C(=O)NCC(F)F)C2. The van der Waals surface area contributed by atoms with Crippen LogP contribution in [0.15, 0.2) is 0 Å².